The maximum Gasteiger partial charge on any atom is 0.350 e. The number of rotatable bonds is 3. The number of allylic oxidation sites excluding steroid dienone is 1. The summed E-state index contributed by atoms with van der Waals surface area (Å²) in [6.45, 7) is 4.42. The summed E-state index contributed by atoms with van der Waals surface area (Å²) < 4.78 is 9.82. The molecule has 6 heteroatoms. The smallest absolute Gasteiger partial charge is 0.350 e. The van der Waals surface area contributed by atoms with E-state index < -0.39 is 17.7 Å². The van der Waals surface area contributed by atoms with Crippen LogP contribution in [0.3, 0.4) is 0 Å². The summed E-state index contributed by atoms with van der Waals surface area (Å²) in [7, 11) is 0. The van der Waals surface area contributed by atoms with Gasteiger partial charge in [-0.2, -0.15) is 0 Å². The van der Waals surface area contributed by atoms with E-state index in [4.69, 9.17) is 20.7 Å². The van der Waals surface area contributed by atoms with E-state index in [-0.39, 0.29) is 17.9 Å². The van der Waals surface area contributed by atoms with Crippen LogP contribution >= 0.6 is 0 Å². The maximum absolute atomic E-state index is 11.6. The van der Waals surface area contributed by atoms with Crippen molar-refractivity contribution in [3.63, 3.8) is 0 Å². The van der Waals surface area contributed by atoms with Crippen molar-refractivity contribution in [1.29, 1.82) is 0 Å². The van der Waals surface area contributed by atoms with Gasteiger partial charge in [-0.3, -0.25) is 10.3 Å². The van der Waals surface area contributed by atoms with E-state index in [2.05, 4.69) is 11.4 Å². The largest absolute Gasteiger partial charge is 0.419 e. The zero-order valence-electron chi connectivity index (χ0n) is 9.83. The molecule has 1 saturated heterocycles. The van der Waals surface area contributed by atoms with Gasteiger partial charge in [0.2, 0.25) is 0 Å². The highest BCUT2D eigenvalue weighted by molar-refractivity contribution is 6.15. The van der Waals surface area contributed by atoms with Crippen LogP contribution in [0.4, 0.5) is 0 Å². The molecule has 0 spiro atoms. The van der Waals surface area contributed by atoms with Gasteiger partial charge in [-0.25, -0.2) is 9.59 Å². The summed E-state index contributed by atoms with van der Waals surface area (Å²) in [5.41, 5.74) is 2.33. The van der Waals surface area contributed by atoms with Crippen LogP contribution in [-0.4, -0.2) is 24.3 Å². The Bertz CT molecular complexity index is 394. The Labute approximate surface area is 98.9 Å². The zero-order chi connectivity index (χ0) is 13.1. The quantitative estimate of drug-likeness (QED) is 0.190. The van der Waals surface area contributed by atoms with Crippen molar-refractivity contribution < 1.29 is 23.9 Å². The molecule has 1 aliphatic heterocycles. The minimum Gasteiger partial charge on any atom is -0.419 e. The van der Waals surface area contributed by atoms with Crippen molar-refractivity contribution in [3.05, 3.63) is 11.3 Å². The fourth-order valence-electron chi connectivity index (χ4n) is 1.20. The number of terminal acetylenes is 1. The van der Waals surface area contributed by atoms with Crippen LogP contribution in [-0.2, 0) is 23.9 Å². The second kappa shape index (κ2) is 4.89. The Morgan fingerprint density at radius 1 is 1.41 bits per heavy atom. The lowest BCUT2D eigenvalue weighted by molar-refractivity contribution is -0.222. The molecule has 1 N–H and O–H groups in total. The van der Waals surface area contributed by atoms with E-state index in [1.165, 1.54) is 20.8 Å². The zero-order valence-corrected chi connectivity index (χ0v) is 9.83. The SMILES string of the molecule is C#CCONC(C)=C1C(=O)OC(C)(C)OC1=O. The van der Waals surface area contributed by atoms with Crippen LogP contribution in [0.15, 0.2) is 11.3 Å². The Morgan fingerprint density at radius 3 is 2.41 bits per heavy atom. The first-order chi connectivity index (χ1) is 7.87. The van der Waals surface area contributed by atoms with Gasteiger partial charge in [0.05, 0.1) is 5.70 Å². The molecule has 0 aliphatic carbocycles. The molecular weight excluding hydrogens is 226 g/mol. The highest BCUT2D eigenvalue weighted by Gasteiger charge is 2.40. The second-order valence-electron chi connectivity index (χ2n) is 3.77. The minimum absolute atomic E-state index is 0.000207. The molecular formula is C11H13NO5. The Kier molecular flexibility index (Phi) is 3.76. The van der Waals surface area contributed by atoms with E-state index in [0.29, 0.717) is 0 Å². The van der Waals surface area contributed by atoms with E-state index in [1.807, 2.05) is 0 Å². The molecule has 6 nitrogen and oxygen atoms in total. The monoisotopic (exact) mass is 239 g/mol. The molecule has 0 saturated carbocycles. The topological polar surface area (TPSA) is 73.9 Å². The molecule has 0 aromatic heterocycles. The third-order valence-corrected chi connectivity index (χ3v) is 1.84. The third-order valence-electron chi connectivity index (χ3n) is 1.84. The van der Waals surface area contributed by atoms with Crippen LogP contribution in [0, 0.1) is 12.3 Å². The normalized spacial score (nSPS) is 17.9. The number of hydroxylamine groups is 1. The van der Waals surface area contributed by atoms with Crippen LogP contribution in [0.1, 0.15) is 20.8 Å². The first-order valence-corrected chi connectivity index (χ1v) is 4.86. The van der Waals surface area contributed by atoms with Crippen molar-refractivity contribution in [2.75, 3.05) is 6.61 Å². The molecule has 1 fully saturated rings. The summed E-state index contributed by atoms with van der Waals surface area (Å²) in [4.78, 5) is 27.9. The predicted molar refractivity (Wildman–Crippen MR) is 56.9 cm³/mol. The fraction of sp³-hybridized carbons (Fsp3) is 0.455. The van der Waals surface area contributed by atoms with Crippen molar-refractivity contribution in [3.8, 4) is 12.3 Å². The first-order valence-electron chi connectivity index (χ1n) is 4.86. The predicted octanol–water partition coefficient (Wildman–Crippen LogP) is 0.251. The number of nitrogens with one attached hydrogen (secondary N) is 1. The number of hydrogen-bond acceptors (Lipinski definition) is 6. The fourth-order valence-corrected chi connectivity index (χ4v) is 1.20. The first kappa shape index (κ1) is 13.1. The minimum atomic E-state index is -1.25. The molecule has 1 heterocycles. The molecule has 1 rings (SSSR count). The Morgan fingerprint density at radius 2 is 1.94 bits per heavy atom. The lowest BCUT2D eigenvalue weighted by Gasteiger charge is -2.30. The number of carbonyl (C=O) groups excluding carboxylic acids is 2. The van der Waals surface area contributed by atoms with Crippen molar-refractivity contribution in [1.82, 2.24) is 5.48 Å². The van der Waals surface area contributed by atoms with Gasteiger partial charge >= 0.3 is 11.9 Å². The summed E-state index contributed by atoms with van der Waals surface area (Å²) in [5, 5.41) is 0. The summed E-state index contributed by atoms with van der Waals surface area (Å²) >= 11 is 0. The van der Waals surface area contributed by atoms with Gasteiger partial charge in [0, 0.05) is 13.8 Å². The van der Waals surface area contributed by atoms with Gasteiger partial charge in [-0.05, 0) is 6.92 Å². The molecule has 0 radical (unpaired) electrons. The number of esters is 2. The van der Waals surface area contributed by atoms with Crippen molar-refractivity contribution in [2.45, 2.75) is 26.6 Å². The third kappa shape index (κ3) is 3.23. The molecule has 17 heavy (non-hydrogen) atoms. The van der Waals surface area contributed by atoms with E-state index >= 15 is 0 Å². The molecule has 0 atom stereocenters. The van der Waals surface area contributed by atoms with E-state index in [9.17, 15) is 9.59 Å². The molecule has 92 valence electrons. The van der Waals surface area contributed by atoms with Gasteiger partial charge in [0.25, 0.3) is 5.79 Å². The van der Waals surface area contributed by atoms with E-state index in [0.717, 1.165) is 0 Å². The highest BCUT2D eigenvalue weighted by atomic mass is 16.7. The summed E-state index contributed by atoms with van der Waals surface area (Å²) in [6, 6.07) is 0. The molecule has 0 amide bonds. The molecule has 0 bridgehead atoms. The number of hydrogen-bond donors (Lipinski definition) is 1. The average Bonchev–Trinajstić information content (AvgIpc) is 2.14. The van der Waals surface area contributed by atoms with Crippen molar-refractivity contribution >= 4 is 11.9 Å². The Balaban J connectivity index is 2.83. The highest BCUT2D eigenvalue weighted by Crippen LogP contribution is 2.23. The molecule has 1 aliphatic rings. The van der Waals surface area contributed by atoms with Crippen molar-refractivity contribution in [2.24, 2.45) is 0 Å². The number of carbonyl (C=O) groups is 2. The number of ether oxygens (including phenoxy) is 2. The van der Waals surface area contributed by atoms with Gasteiger partial charge in [0.15, 0.2) is 5.57 Å². The lowest BCUT2D eigenvalue weighted by Crippen LogP contribution is -2.43. The average molecular weight is 239 g/mol. The molecule has 0 unspecified atom stereocenters. The van der Waals surface area contributed by atoms with Crippen LogP contribution in [0.2, 0.25) is 0 Å². The van der Waals surface area contributed by atoms with Gasteiger partial charge in [-0.15, -0.1) is 6.42 Å². The van der Waals surface area contributed by atoms with Crippen LogP contribution in [0.25, 0.3) is 0 Å². The van der Waals surface area contributed by atoms with Crippen LogP contribution in [0.5, 0.6) is 0 Å². The maximum atomic E-state index is 11.6. The molecule has 0 aromatic rings. The van der Waals surface area contributed by atoms with Gasteiger partial charge in [-0.1, -0.05) is 5.92 Å². The standard InChI is InChI=1S/C11H13NO5/c1-5-6-15-12-7(2)8-9(13)16-11(3,4)17-10(8)14/h1,12H,6H2,2-4H3. The summed E-state index contributed by atoms with van der Waals surface area (Å²) in [6.07, 6.45) is 4.97. The molecule has 0 aromatic carbocycles. The number of cyclic esters (lactones) is 2. The van der Waals surface area contributed by atoms with E-state index in [1.54, 1.807) is 0 Å². The Hall–Kier alpha value is -2.00. The lowest BCUT2D eigenvalue weighted by atomic mass is 10.2. The van der Waals surface area contributed by atoms with Gasteiger partial charge < -0.3 is 9.47 Å². The van der Waals surface area contributed by atoms with Crippen LogP contribution < -0.4 is 5.48 Å². The second-order valence-corrected chi connectivity index (χ2v) is 3.77. The summed E-state index contributed by atoms with van der Waals surface area (Å²) in [5.74, 6) is -0.557. The van der Waals surface area contributed by atoms with Gasteiger partial charge in [0.1, 0.15) is 6.61 Å².